The highest BCUT2D eigenvalue weighted by atomic mass is 35.5. The molecule has 5 heteroatoms. The first-order chi connectivity index (χ1) is 12.4. The normalized spacial score (nSPS) is 11.2. The standard InChI is InChI=1S/C21H19ClN2O2/c1-13-6-4-5-7-20(13)23-12-16-10-14(2)24(15(16)3)17-8-9-18(21(25)26)19(22)11-17/h4-12H,1-3H3,(H,25,26). The van der Waals surface area contributed by atoms with Crippen molar-refractivity contribution in [1.82, 2.24) is 4.57 Å². The van der Waals surface area contributed by atoms with E-state index in [0.29, 0.717) is 0 Å². The summed E-state index contributed by atoms with van der Waals surface area (Å²) in [5.74, 6) is -1.03. The van der Waals surface area contributed by atoms with Crippen molar-refractivity contribution in [3.05, 3.63) is 81.6 Å². The highest BCUT2D eigenvalue weighted by Gasteiger charge is 2.13. The van der Waals surface area contributed by atoms with Gasteiger partial charge in [-0.15, -0.1) is 0 Å². The third-order valence-electron chi connectivity index (χ3n) is 4.37. The molecule has 0 amide bonds. The average Bonchev–Trinajstić information content (AvgIpc) is 2.87. The van der Waals surface area contributed by atoms with E-state index in [9.17, 15) is 4.79 Å². The van der Waals surface area contributed by atoms with Crippen LogP contribution in [-0.4, -0.2) is 21.9 Å². The average molecular weight is 367 g/mol. The number of aliphatic imine (C=N–C) groups is 1. The molecule has 0 bridgehead atoms. The van der Waals surface area contributed by atoms with Crippen LogP contribution >= 0.6 is 11.6 Å². The zero-order valence-electron chi connectivity index (χ0n) is 14.8. The molecule has 1 heterocycles. The molecule has 0 saturated heterocycles. The fraction of sp³-hybridized carbons (Fsp3) is 0.143. The zero-order valence-corrected chi connectivity index (χ0v) is 15.6. The number of para-hydroxylation sites is 1. The van der Waals surface area contributed by atoms with Crippen LogP contribution in [0, 0.1) is 20.8 Å². The van der Waals surface area contributed by atoms with Crippen LogP contribution in [0.2, 0.25) is 5.02 Å². The predicted molar refractivity (Wildman–Crippen MR) is 106 cm³/mol. The summed E-state index contributed by atoms with van der Waals surface area (Å²) in [6.07, 6.45) is 1.86. The first kappa shape index (κ1) is 18.0. The van der Waals surface area contributed by atoms with Gasteiger partial charge in [0.1, 0.15) is 0 Å². The van der Waals surface area contributed by atoms with E-state index in [1.165, 1.54) is 6.07 Å². The smallest absolute Gasteiger partial charge is 0.337 e. The molecule has 2 aromatic carbocycles. The summed E-state index contributed by atoms with van der Waals surface area (Å²) in [4.78, 5) is 15.7. The lowest BCUT2D eigenvalue weighted by Crippen LogP contribution is -2.02. The number of carboxylic acid groups (broad SMARTS) is 1. The van der Waals surface area contributed by atoms with E-state index < -0.39 is 5.97 Å². The highest BCUT2D eigenvalue weighted by molar-refractivity contribution is 6.33. The van der Waals surface area contributed by atoms with Gasteiger partial charge in [-0.2, -0.15) is 0 Å². The number of hydrogen-bond donors (Lipinski definition) is 1. The van der Waals surface area contributed by atoms with Crippen LogP contribution in [0.1, 0.15) is 32.9 Å². The molecule has 0 atom stereocenters. The van der Waals surface area contributed by atoms with Crippen LogP contribution in [0.5, 0.6) is 0 Å². The lowest BCUT2D eigenvalue weighted by Gasteiger charge is -2.11. The molecule has 0 unspecified atom stereocenters. The van der Waals surface area contributed by atoms with E-state index >= 15 is 0 Å². The summed E-state index contributed by atoms with van der Waals surface area (Å²) in [6.45, 7) is 6.03. The highest BCUT2D eigenvalue weighted by Crippen LogP contribution is 2.25. The third kappa shape index (κ3) is 3.41. The summed E-state index contributed by atoms with van der Waals surface area (Å²) >= 11 is 6.12. The van der Waals surface area contributed by atoms with E-state index in [0.717, 1.165) is 33.9 Å². The van der Waals surface area contributed by atoms with E-state index in [-0.39, 0.29) is 10.6 Å². The molecule has 0 spiro atoms. The molecule has 0 aliphatic carbocycles. The fourth-order valence-electron chi connectivity index (χ4n) is 2.98. The number of aryl methyl sites for hydroxylation is 2. The van der Waals surface area contributed by atoms with Gasteiger partial charge in [-0.3, -0.25) is 4.99 Å². The van der Waals surface area contributed by atoms with Crippen molar-refractivity contribution < 1.29 is 9.90 Å². The Hall–Kier alpha value is -2.85. The Balaban J connectivity index is 2.00. The van der Waals surface area contributed by atoms with Crippen LogP contribution in [0.15, 0.2) is 53.5 Å². The summed E-state index contributed by atoms with van der Waals surface area (Å²) in [6, 6.07) is 15.0. The summed E-state index contributed by atoms with van der Waals surface area (Å²) < 4.78 is 2.04. The molecule has 0 saturated carbocycles. The Morgan fingerprint density at radius 1 is 1.12 bits per heavy atom. The number of halogens is 1. The van der Waals surface area contributed by atoms with Crippen molar-refractivity contribution in [2.75, 3.05) is 0 Å². The number of rotatable bonds is 4. The van der Waals surface area contributed by atoms with Gasteiger partial charge in [0.2, 0.25) is 0 Å². The number of carboxylic acids is 1. The lowest BCUT2D eigenvalue weighted by molar-refractivity contribution is 0.0697. The van der Waals surface area contributed by atoms with Crippen LogP contribution in [-0.2, 0) is 0 Å². The first-order valence-electron chi connectivity index (χ1n) is 8.20. The minimum absolute atomic E-state index is 0.0965. The molecule has 3 aromatic rings. The molecule has 0 radical (unpaired) electrons. The maximum atomic E-state index is 11.1. The van der Waals surface area contributed by atoms with Crippen molar-refractivity contribution in [1.29, 1.82) is 0 Å². The SMILES string of the molecule is Cc1ccccc1N=Cc1cc(C)n(-c2ccc(C(=O)O)c(Cl)c2)c1C. The van der Waals surface area contributed by atoms with Gasteiger partial charge in [0, 0.05) is 28.9 Å². The van der Waals surface area contributed by atoms with Crippen LogP contribution < -0.4 is 0 Å². The van der Waals surface area contributed by atoms with Gasteiger partial charge in [-0.05, 0) is 56.7 Å². The number of carbonyl (C=O) groups is 1. The van der Waals surface area contributed by atoms with Crippen molar-refractivity contribution in [3.8, 4) is 5.69 Å². The number of hydrogen-bond acceptors (Lipinski definition) is 2. The second-order valence-electron chi connectivity index (χ2n) is 6.18. The lowest BCUT2D eigenvalue weighted by atomic mass is 10.2. The number of aromatic carboxylic acids is 1. The third-order valence-corrected chi connectivity index (χ3v) is 4.68. The van der Waals surface area contributed by atoms with Crippen molar-refractivity contribution in [2.24, 2.45) is 4.99 Å². The van der Waals surface area contributed by atoms with Crippen LogP contribution in [0.3, 0.4) is 0 Å². The Labute approximate surface area is 157 Å². The Kier molecular flexibility index (Phi) is 4.96. The Morgan fingerprint density at radius 2 is 1.85 bits per heavy atom. The Morgan fingerprint density at radius 3 is 2.50 bits per heavy atom. The summed E-state index contributed by atoms with van der Waals surface area (Å²) in [5, 5.41) is 9.35. The van der Waals surface area contributed by atoms with E-state index in [2.05, 4.69) is 11.1 Å². The minimum atomic E-state index is -1.03. The first-order valence-corrected chi connectivity index (χ1v) is 8.58. The molecule has 132 valence electrons. The van der Waals surface area contributed by atoms with Crippen LogP contribution in [0.4, 0.5) is 5.69 Å². The molecule has 1 aromatic heterocycles. The van der Waals surface area contributed by atoms with Gasteiger partial charge in [-0.1, -0.05) is 29.8 Å². The van der Waals surface area contributed by atoms with Gasteiger partial charge < -0.3 is 9.67 Å². The second kappa shape index (κ2) is 7.18. The fourth-order valence-corrected chi connectivity index (χ4v) is 3.24. The van der Waals surface area contributed by atoms with Gasteiger partial charge in [0.05, 0.1) is 16.3 Å². The largest absolute Gasteiger partial charge is 0.478 e. The van der Waals surface area contributed by atoms with E-state index in [4.69, 9.17) is 16.7 Å². The zero-order chi connectivity index (χ0) is 18.8. The molecule has 0 aliphatic heterocycles. The van der Waals surface area contributed by atoms with E-state index in [1.54, 1.807) is 12.1 Å². The summed E-state index contributed by atoms with van der Waals surface area (Å²) in [5.41, 5.74) is 6.01. The molecule has 3 rings (SSSR count). The number of nitrogens with zero attached hydrogens (tertiary/aromatic N) is 2. The van der Waals surface area contributed by atoms with Gasteiger partial charge in [0.15, 0.2) is 0 Å². The van der Waals surface area contributed by atoms with Crippen molar-refractivity contribution in [2.45, 2.75) is 20.8 Å². The molecule has 4 nitrogen and oxygen atoms in total. The molecule has 1 N–H and O–H groups in total. The molecule has 0 aliphatic rings. The summed E-state index contributed by atoms with van der Waals surface area (Å²) in [7, 11) is 0. The van der Waals surface area contributed by atoms with Crippen LogP contribution in [0.25, 0.3) is 5.69 Å². The molecular formula is C21H19ClN2O2. The molecule has 0 fully saturated rings. The minimum Gasteiger partial charge on any atom is -0.478 e. The molecule has 26 heavy (non-hydrogen) atoms. The number of aromatic nitrogens is 1. The molecular weight excluding hydrogens is 348 g/mol. The maximum absolute atomic E-state index is 11.1. The topological polar surface area (TPSA) is 54.6 Å². The predicted octanol–water partition coefficient (Wildman–Crippen LogP) is 5.50. The van der Waals surface area contributed by atoms with E-state index in [1.807, 2.05) is 55.8 Å². The maximum Gasteiger partial charge on any atom is 0.337 e. The Bertz CT molecular complexity index is 1020. The second-order valence-corrected chi connectivity index (χ2v) is 6.58. The van der Waals surface area contributed by atoms with Gasteiger partial charge in [0.25, 0.3) is 0 Å². The van der Waals surface area contributed by atoms with Gasteiger partial charge in [-0.25, -0.2) is 4.79 Å². The number of benzene rings is 2. The van der Waals surface area contributed by atoms with Crippen molar-refractivity contribution in [3.63, 3.8) is 0 Å². The quantitative estimate of drug-likeness (QED) is 0.619. The monoisotopic (exact) mass is 366 g/mol. The van der Waals surface area contributed by atoms with Gasteiger partial charge >= 0.3 is 5.97 Å². The van der Waals surface area contributed by atoms with Crippen molar-refractivity contribution >= 4 is 29.5 Å².